The summed E-state index contributed by atoms with van der Waals surface area (Å²) in [6.45, 7) is 3.15. The molecule has 1 unspecified atom stereocenters. The third-order valence-electron chi connectivity index (χ3n) is 4.74. The Bertz CT molecular complexity index is 1060. The van der Waals surface area contributed by atoms with Crippen LogP contribution in [0.2, 0.25) is 10.0 Å². The fraction of sp³-hybridized carbons (Fsp3) is 0.333. The zero-order chi connectivity index (χ0) is 23.3. The molecule has 10 heteroatoms. The Hall–Kier alpha value is -2.29. The van der Waals surface area contributed by atoms with Crippen molar-refractivity contribution in [2.45, 2.75) is 26.4 Å². The molecule has 1 N–H and O–H groups in total. The van der Waals surface area contributed by atoms with Gasteiger partial charge in [-0.25, -0.2) is 8.42 Å². The lowest BCUT2D eigenvalue weighted by atomic mass is 10.1. The second-order valence-corrected chi connectivity index (χ2v) is 9.91. The molecular weight excluding hydrogens is 461 g/mol. The number of amides is 2. The highest BCUT2D eigenvalue weighted by atomic mass is 35.5. The highest BCUT2D eigenvalue weighted by molar-refractivity contribution is 7.92. The van der Waals surface area contributed by atoms with Crippen molar-refractivity contribution in [3.05, 3.63) is 63.6 Å². The largest absolute Gasteiger partial charge is 0.357 e. The number of hydrogen-bond acceptors (Lipinski definition) is 4. The molecule has 0 spiro atoms. The van der Waals surface area contributed by atoms with Gasteiger partial charge in [-0.15, -0.1) is 0 Å². The first kappa shape index (κ1) is 25.0. The molecule has 0 aliphatic rings. The van der Waals surface area contributed by atoms with Crippen LogP contribution in [0.15, 0.2) is 42.5 Å². The number of rotatable bonds is 8. The molecule has 0 aliphatic carbocycles. The van der Waals surface area contributed by atoms with E-state index >= 15 is 0 Å². The fourth-order valence-corrected chi connectivity index (χ4v) is 4.38. The van der Waals surface area contributed by atoms with E-state index in [1.165, 1.54) is 30.1 Å². The van der Waals surface area contributed by atoms with E-state index in [4.69, 9.17) is 23.2 Å². The minimum absolute atomic E-state index is 0.0927. The van der Waals surface area contributed by atoms with Crippen LogP contribution < -0.4 is 9.62 Å². The molecule has 0 saturated heterocycles. The van der Waals surface area contributed by atoms with Crippen molar-refractivity contribution in [1.29, 1.82) is 0 Å². The lowest BCUT2D eigenvalue weighted by Crippen LogP contribution is -2.50. The quantitative estimate of drug-likeness (QED) is 0.621. The van der Waals surface area contributed by atoms with Crippen LogP contribution in [0.25, 0.3) is 0 Å². The summed E-state index contributed by atoms with van der Waals surface area (Å²) in [5.41, 5.74) is 2.00. The van der Waals surface area contributed by atoms with E-state index in [1.807, 2.05) is 31.2 Å². The van der Waals surface area contributed by atoms with Gasteiger partial charge in [0, 0.05) is 18.6 Å². The van der Waals surface area contributed by atoms with Gasteiger partial charge in [-0.2, -0.15) is 0 Å². The summed E-state index contributed by atoms with van der Waals surface area (Å²) in [4.78, 5) is 26.9. The maximum absolute atomic E-state index is 13.3. The summed E-state index contributed by atoms with van der Waals surface area (Å²) in [6.07, 6.45) is 0.984. The van der Waals surface area contributed by atoms with Crippen LogP contribution in [0.5, 0.6) is 0 Å². The van der Waals surface area contributed by atoms with Gasteiger partial charge in [-0.05, 0) is 37.6 Å². The van der Waals surface area contributed by atoms with Gasteiger partial charge in [-0.1, -0.05) is 53.0 Å². The van der Waals surface area contributed by atoms with Gasteiger partial charge in [-0.3, -0.25) is 13.9 Å². The number of halogens is 2. The molecule has 0 saturated carbocycles. The van der Waals surface area contributed by atoms with Crippen LogP contribution in [-0.2, 0) is 26.2 Å². The molecule has 0 radical (unpaired) electrons. The Balaban J connectivity index is 2.40. The molecule has 1 atom stereocenters. The Labute approximate surface area is 193 Å². The van der Waals surface area contributed by atoms with Crippen LogP contribution in [0.4, 0.5) is 5.69 Å². The van der Waals surface area contributed by atoms with Crippen molar-refractivity contribution < 1.29 is 18.0 Å². The van der Waals surface area contributed by atoms with E-state index in [1.54, 1.807) is 6.92 Å². The van der Waals surface area contributed by atoms with Gasteiger partial charge in [0.15, 0.2) is 0 Å². The van der Waals surface area contributed by atoms with E-state index in [0.29, 0.717) is 5.02 Å². The predicted molar refractivity (Wildman–Crippen MR) is 124 cm³/mol. The average molecular weight is 486 g/mol. The molecule has 2 aromatic rings. The maximum Gasteiger partial charge on any atom is 0.244 e. The fourth-order valence-electron chi connectivity index (χ4n) is 2.96. The van der Waals surface area contributed by atoms with E-state index in [0.717, 1.165) is 21.7 Å². The second-order valence-electron chi connectivity index (χ2n) is 7.16. The normalized spacial score (nSPS) is 12.2. The molecule has 0 bridgehead atoms. The number of sulfonamides is 1. The van der Waals surface area contributed by atoms with E-state index in [2.05, 4.69) is 5.32 Å². The molecule has 0 heterocycles. The maximum atomic E-state index is 13.3. The van der Waals surface area contributed by atoms with Crippen LogP contribution in [0, 0.1) is 6.92 Å². The number of benzene rings is 2. The minimum atomic E-state index is -3.85. The Morgan fingerprint density at radius 2 is 1.71 bits per heavy atom. The van der Waals surface area contributed by atoms with Crippen LogP contribution in [0.1, 0.15) is 18.1 Å². The smallest absolute Gasteiger partial charge is 0.244 e. The van der Waals surface area contributed by atoms with Crippen molar-refractivity contribution in [3.63, 3.8) is 0 Å². The van der Waals surface area contributed by atoms with Crippen molar-refractivity contribution in [3.8, 4) is 0 Å². The number of likely N-dealkylation sites (N-methyl/N-ethyl adjacent to an activating group) is 1. The first-order valence-electron chi connectivity index (χ1n) is 9.43. The van der Waals surface area contributed by atoms with E-state index < -0.39 is 28.5 Å². The summed E-state index contributed by atoms with van der Waals surface area (Å²) in [7, 11) is -2.38. The standard InChI is InChI=1S/C21H25Cl2N3O4S/c1-14-5-7-16(8-6-14)12-25(15(2)21(28)24-3)20(27)13-26(31(4,29)30)19-10-9-17(22)11-18(19)23/h5-11,15H,12-13H2,1-4H3,(H,24,28). The third kappa shape index (κ3) is 6.59. The molecule has 168 valence electrons. The van der Waals surface area contributed by atoms with Crippen molar-refractivity contribution in [1.82, 2.24) is 10.2 Å². The zero-order valence-corrected chi connectivity index (χ0v) is 20.1. The molecule has 0 fully saturated rings. The third-order valence-corrected chi connectivity index (χ3v) is 6.41. The number of nitrogens with zero attached hydrogens (tertiary/aromatic N) is 2. The lowest BCUT2D eigenvalue weighted by Gasteiger charge is -2.31. The first-order valence-corrected chi connectivity index (χ1v) is 12.0. The molecule has 2 amide bonds. The number of hydrogen-bond donors (Lipinski definition) is 1. The first-order chi connectivity index (χ1) is 14.4. The molecule has 2 aromatic carbocycles. The van der Waals surface area contributed by atoms with E-state index in [9.17, 15) is 18.0 Å². The van der Waals surface area contributed by atoms with Crippen LogP contribution >= 0.6 is 23.2 Å². The van der Waals surface area contributed by atoms with E-state index in [-0.39, 0.29) is 23.2 Å². The monoisotopic (exact) mass is 485 g/mol. The molecule has 0 aliphatic heterocycles. The Morgan fingerprint density at radius 3 is 2.23 bits per heavy atom. The lowest BCUT2D eigenvalue weighted by molar-refractivity contribution is -0.139. The molecule has 31 heavy (non-hydrogen) atoms. The molecule has 7 nitrogen and oxygen atoms in total. The van der Waals surface area contributed by atoms with Gasteiger partial charge in [0.05, 0.1) is 17.0 Å². The molecule has 0 aromatic heterocycles. The van der Waals surface area contributed by atoms with Gasteiger partial charge in [0.1, 0.15) is 12.6 Å². The number of carbonyl (C=O) groups is 2. The highest BCUT2D eigenvalue weighted by Crippen LogP contribution is 2.30. The summed E-state index contributed by atoms with van der Waals surface area (Å²) in [6, 6.07) is 11.0. The average Bonchev–Trinajstić information content (AvgIpc) is 2.70. The number of nitrogens with one attached hydrogen (secondary N) is 1. The zero-order valence-electron chi connectivity index (χ0n) is 17.7. The SMILES string of the molecule is CNC(=O)C(C)N(Cc1ccc(C)cc1)C(=O)CN(c1ccc(Cl)cc1Cl)S(C)(=O)=O. The summed E-state index contributed by atoms with van der Waals surface area (Å²) < 4.78 is 25.8. The van der Waals surface area contributed by atoms with Crippen molar-refractivity contribution in [2.24, 2.45) is 0 Å². The number of aryl methyl sites for hydroxylation is 1. The van der Waals surface area contributed by atoms with Crippen LogP contribution in [-0.4, -0.2) is 51.0 Å². The number of carbonyl (C=O) groups excluding carboxylic acids is 2. The predicted octanol–water partition coefficient (Wildman–Crippen LogP) is 3.23. The Morgan fingerprint density at radius 1 is 1.10 bits per heavy atom. The van der Waals surface area contributed by atoms with Gasteiger partial charge >= 0.3 is 0 Å². The Kier molecular flexibility index (Phi) is 8.34. The highest BCUT2D eigenvalue weighted by Gasteiger charge is 2.30. The van der Waals surface area contributed by atoms with Gasteiger partial charge in [0.25, 0.3) is 0 Å². The molecule has 2 rings (SSSR count). The summed E-state index contributed by atoms with van der Waals surface area (Å²) in [5.74, 6) is -0.913. The van der Waals surface area contributed by atoms with Crippen molar-refractivity contribution >= 4 is 50.7 Å². The topological polar surface area (TPSA) is 86.8 Å². The summed E-state index contributed by atoms with van der Waals surface area (Å²) >= 11 is 12.1. The minimum Gasteiger partial charge on any atom is -0.357 e. The summed E-state index contributed by atoms with van der Waals surface area (Å²) in [5, 5.41) is 2.95. The van der Waals surface area contributed by atoms with Crippen molar-refractivity contribution in [2.75, 3.05) is 24.2 Å². The second kappa shape index (κ2) is 10.3. The van der Waals surface area contributed by atoms with Gasteiger partial charge < -0.3 is 10.2 Å². The number of anilines is 1. The van der Waals surface area contributed by atoms with Gasteiger partial charge in [0.2, 0.25) is 21.8 Å². The van der Waals surface area contributed by atoms with Crippen LogP contribution in [0.3, 0.4) is 0 Å². The molecular formula is C21H25Cl2N3O4S.